The Balaban J connectivity index is 1.60. The van der Waals surface area contributed by atoms with Gasteiger partial charge in [-0.2, -0.15) is 0 Å². The zero-order chi connectivity index (χ0) is 18.5. The van der Waals surface area contributed by atoms with Gasteiger partial charge in [-0.1, -0.05) is 36.4 Å². The molecule has 1 aliphatic rings. The SMILES string of the molecule is Cc1ccc(C(=O)N2CCC[C@@H](C(=O)CCc3ccccc3)C2)cc1O. The van der Waals surface area contributed by atoms with Crippen LogP contribution in [0.3, 0.4) is 0 Å². The summed E-state index contributed by atoms with van der Waals surface area (Å²) in [5, 5.41) is 9.84. The summed E-state index contributed by atoms with van der Waals surface area (Å²) in [5.74, 6) is 0.165. The van der Waals surface area contributed by atoms with Crippen molar-refractivity contribution in [2.45, 2.75) is 32.6 Å². The van der Waals surface area contributed by atoms with Crippen molar-refractivity contribution in [1.82, 2.24) is 4.90 Å². The lowest BCUT2D eigenvalue weighted by Gasteiger charge is -2.32. The molecular weight excluding hydrogens is 326 g/mol. The molecule has 1 atom stereocenters. The normalized spacial score (nSPS) is 17.1. The van der Waals surface area contributed by atoms with Gasteiger partial charge in [0.2, 0.25) is 0 Å². The molecule has 0 unspecified atom stereocenters. The summed E-state index contributed by atoms with van der Waals surface area (Å²) in [4.78, 5) is 27.1. The predicted octanol–water partition coefficient (Wildman–Crippen LogP) is 3.75. The van der Waals surface area contributed by atoms with E-state index in [1.165, 1.54) is 11.6 Å². The van der Waals surface area contributed by atoms with Crippen LogP contribution in [-0.4, -0.2) is 34.8 Å². The topological polar surface area (TPSA) is 57.6 Å². The number of phenols is 1. The van der Waals surface area contributed by atoms with Crippen LogP contribution in [0.4, 0.5) is 0 Å². The summed E-state index contributed by atoms with van der Waals surface area (Å²) in [6, 6.07) is 15.0. The van der Waals surface area contributed by atoms with Crippen LogP contribution in [0.1, 0.15) is 40.7 Å². The van der Waals surface area contributed by atoms with Crippen molar-refractivity contribution in [3.05, 3.63) is 65.2 Å². The molecule has 1 fully saturated rings. The lowest BCUT2D eigenvalue weighted by molar-refractivity contribution is -0.124. The third-order valence-corrected chi connectivity index (χ3v) is 5.12. The summed E-state index contributed by atoms with van der Waals surface area (Å²) in [6.07, 6.45) is 2.94. The number of aromatic hydroxyl groups is 1. The van der Waals surface area contributed by atoms with E-state index in [4.69, 9.17) is 0 Å². The van der Waals surface area contributed by atoms with E-state index in [1.807, 2.05) is 30.3 Å². The van der Waals surface area contributed by atoms with Crippen LogP contribution in [0.25, 0.3) is 0 Å². The van der Waals surface area contributed by atoms with Crippen molar-refractivity contribution < 1.29 is 14.7 Å². The molecule has 1 saturated heterocycles. The third kappa shape index (κ3) is 4.31. The lowest BCUT2D eigenvalue weighted by atomic mass is 9.90. The van der Waals surface area contributed by atoms with Crippen LogP contribution in [0, 0.1) is 12.8 Å². The van der Waals surface area contributed by atoms with Gasteiger partial charge in [-0.3, -0.25) is 9.59 Å². The van der Waals surface area contributed by atoms with Crippen molar-refractivity contribution in [3.8, 4) is 5.75 Å². The van der Waals surface area contributed by atoms with Crippen LogP contribution in [0.15, 0.2) is 48.5 Å². The smallest absolute Gasteiger partial charge is 0.254 e. The van der Waals surface area contributed by atoms with Crippen molar-refractivity contribution in [1.29, 1.82) is 0 Å². The Morgan fingerprint density at radius 1 is 1.15 bits per heavy atom. The number of benzene rings is 2. The quantitative estimate of drug-likeness (QED) is 0.892. The number of Topliss-reactive ketones (excluding diaryl/α,β-unsaturated/α-hetero) is 1. The Labute approximate surface area is 154 Å². The highest BCUT2D eigenvalue weighted by Crippen LogP contribution is 2.23. The van der Waals surface area contributed by atoms with Gasteiger partial charge >= 0.3 is 0 Å². The number of nitrogens with zero attached hydrogens (tertiary/aromatic N) is 1. The molecule has 1 heterocycles. The van der Waals surface area contributed by atoms with Gasteiger partial charge in [-0.25, -0.2) is 0 Å². The first kappa shape index (κ1) is 18.2. The van der Waals surface area contributed by atoms with Crippen molar-refractivity contribution in [2.75, 3.05) is 13.1 Å². The first-order valence-corrected chi connectivity index (χ1v) is 9.20. The van der Waals surface area contributed by atoms with Crippen LogP contribution in [-0.2, 0) is 11.2 Å². The van der Waals surface area contributed by atoms with Crippen molar-refractivity contribution >= 4 is 11.7 Å². The third-order valence-electron chi connectivity index (χ3n) is 5.12. The first-order valence-electron chi connectivity index (χ1n) is 9.20. The maximum Gasteiger partial charge on any atom is 0.254 e. The highest BCUT2D eigenvalue weighted by molar-refractivity contribution is 5.95. The van der Waals surface area contributed by atoms with Gasteiger partial charge in [0, 0.05) is 31.0 Å². The minimum atomic E-state index is -0.110. The number of carbonyl (C=O) groups excluding carboxylic acids is 2. The molecule has 0 saturated carbocycles. The standard InChI is InChI=1S/C22H25NO3/c1-16-9-11-18(14-21(16)25)22(26)23-13-5-8-19(15-23)20(24)12-10-17-6-3-2-4-7-17/h2-4,6-7,9,11,14,19,25H,5,8,10,12-13,15H2,1H3/t19-/m1/s1. The van der Waals surface area contributed by atoms with Gasteiger partial charge in [-0.05, 0) is 49.4 Å². The number of aryl methyl sites for hydroxylation is 2. The average molecular weight is 351 g/mol. The van der Waals surface area contributed by atoms with Crippen LogP contribution < -0.4 is 0 Å². The summed E-state index contributed by atoms with van der Waals surface area (Å²) < 4.78 is 0. The molecule has 0 spiro atoms. The number of hydrogen-bond acceptors (Lipinski definition) is 3. The molecule has 1 aliphatic heterocycles. The first-order chi connectivity index (χ1) is 12.5. The maximum atomic E-state index is 12.7. The molecule has 0 aliphatic carbocycles. The van der Waals surface area contributed by atoms with Gasteiger partial charge < -0.3 is 10.0 Å². The number of carbonyl (C=O) groups is 2. The number of rotatable bonds is 5. The zero-order valence-electron chi connectivity index (χ0n) is 15.1. The van der Waals surface area contributed by atoms with Crippen LogP contribution in [0.2, 0.25) is 0 Å². The number of piperidine rings is 1. The molecule has 1 N–H and O–H groups in total. The Kier molecular flexibility index (Phi) is 5.71. The van der Waals surface area contributed by atoms with Crippen LogP contribution in [0.5, 0.6) is 5.75 Å². The second kappa shape index (κ2) is 8.17. The minimum Gasteiger partial charge on any atom is -0.508 e. The van der Waals surface area contributed by atoms with Gasteiger partial charge in [0.15, 0.2) is 0 Å². The van der Waals surface area contributed by atoms with E-state index in [-0.39, 0.29) is 23.4 Å². The Bertz CT molecular complexity index is 785. The summed E-state index contributed by atoms with van der Waals surface area (Å²) >= 11 is 0. The van der Waals surface area contributed by atoms with E-state index in [0.717, 1.165) is 24.8 Å². The number of amides is 1. The number of ketones is 1. The fourth-order valence-electron chi connectivity index (χ4n) is 3.47. The molecule has 0 bridgehead atoms. The molecule has 26 heavy (non-hydrogen) atoms. The highest BCUT2D eigenvalue weighted by Gasteiger charge is 2.28. The molecule has 4 nitrogen and oxygen atoms in total. The van der Waals surface area contributed by atoms with E-state index in [2.05, 4.69) is 0 Å². The molecule has 0 aromatic heterocycles. The van der Waals surface area contributed by atoms with Gasteiger partial charge in [-0.15, -0.1) is 0 Å². The Morgan fingerprint density at radius 3 is 2.65 bits per heavy atom. The molecule has 4 heteroatoms. The van der Waals surface area contributed by atoms with E-state index >= 15 is 0 Å². The van der Waals surface area contributed by atoms with Gasteiger partial charge in [0.1, 0.15) is 11.5 Å². The fourth-order valence-corrected chi connectivity index (χ4v) is 3.47. The number of hydrogen-bond donors (Lipinski definition) is 1. The molecule has 1 amide bonds. The summed E-state index contributed by atoms with van der Waals surface area (Å²) in [7, 11) is 0. The summed E-state index contributed by atoms with van der Waals surface area (Å²) in [6.45, 7) is 2.93. The van der Waals surface area contributed by atoms with Crippen LogP contribution >= 0.6 is 0 Å². The predicted molar refractivity (Wildman–Crippen MR) is 101 cm³/mol. The second-order valence-electron chi connectivity index (χ2n) is 7.04. The van der Waals surface area contributed by atoms with E-state index < -0.39 is 0 Å². The number of likely N-dealkylation sites (tertiary alicyclic amines) is 1. The fraction of sp³-hybridized carbons (Fsp3) is 0.364. The van der Waals surface area contributed by atoms with Crippen molar-refractivity contribution in [2.24, 2.45) is 5.92 Å². The summed E-state index contributed by atoms with van der Waals surface area (Å²) in [5.41, 5.74) is 2.39. The molecule has 2 aromatic rings. The molecule has 2 aromatic carbocycles. The number of phenolic OH excluding ortho intramolecular Hbond substituents is 1. The Hall–Kier alpha value is -2.62. The largest absolute Gasteiger partial charge is 0.508 e. The Morgan fingerprint density at radius 2 is 1.92 bits per heavy atom. The van der Waals surface area contributed by atoms with Gasteiger partial charge in [0.05, 0.1) is 0 Å². The monoisotopic (exact) mass is 351 g/mol. The van der Waals surface area contributed by atoms with E-state index in [1.54, 1.807) is 24.0 Å². The maximum absolute atomic E-state index is 12.7. The molecule has 136 valence electrons. The highest BCUT2D eigenvalue weighted by atomic mass is 16.3. The van der Waals surface area contributed by atoms with E-state index in [9.17, 15) is 14.7 Å². The van der Waals surface area contributed by atoms with E-state index in [0.29, 0.717) is 25.1 Å². The molecule has 0 radical (unpaired) electrons. The molecular formula is C22H25NO3. The van der Waals surface area contributed by atoms with Crippen molar-refractivity contribution in [3.63, 3.8) is 0 Å². The lowest BCUT2D eigenvalue weighted by Crippen LogP contribution is -2.42. The average Bonchev–Trinajstić information content (AvgIpc) is 2.68. The minimum absolute atomic E-state index is 0.0875. The van der Waals surface area contributed by atoms with Gasteiger partial charge in [0.25, 0.3) is 5.91 Å². The molecule has 3 rings (SSSR count). The zero-order valence-corrected chi connectivity index (χ0v) is 15.1. The second-order valence-corrected chi connectivity index (χ2v) is 7.04.